The quantitative estimate of drug-likeness (QED) is 0.542. The van der Waals surface area contributed by atoms with E-state index in [1.165, 1.54) is 25.0 Å². The van der Waals surface area contributed by atoms with Gasteiger partial charge >= 0.3 is 0 Å². The molecule has 112 valence electrons. The number of benzene rings is 1. The van der Waals surface area contributed by atoms with Crippen molar-refractivity contribution in [3.05, 3.63) is 18.2 Å². The molecule has 5 N–H and O–H groups in total. The molecular weight excluding hydrogens is 278 g/mol. The molecule has 7 heteroatoms. The summed E-state index contributed by atoms with van der Waals surface area (Å²) in [7, 11) is -3.71. The van der Waals surface area contributed by atoms with E-state index in [2.05, 4.69) is 5.32 Å². The first-order chi connectivity index (χ1) is 9.47. The van der Waals surface area contributed by atoms with Gasteiger partial charge in [0, 0.05) is 6.54 Å². The molecule has 0 atom stereocenters. The van der Waals surface area contributed by atoms with Crippen molar-refractivity contribution >= 4 is 21.4 Å². The largest absolute Gasteiger partial charge is 0.397 e. The number of primary sulfonamides is 1. The van der Waals surface area contributed by atoms with Crippen LogP contribution < -0.4 is 16.2 Å². The summed E-state index contributed by atoms with van der Waals surface area (Å²) in [5.41, 5.74) is 6.85. The zero-order valence-electron chi connectivity index (χ0n) is 11.3. The van der Waals surface area contributed by atoms with Crippen molar-refractivity contribution in [3.63, 3.8) is 0 Å². The molecule has 0 unspecified atom stereocenters. The van der Waals surface area contributed by atoms with Crippen molar-refractivity contribution in [2.75, 3.05) is 24.2 Å². The SMILES string of the molecule is Nc1cc(S(N)(=O)=O)ccc1NCCOC1CCCC1. The Morgan fingerprint density at radius 1 is 1.30 bits per heavy atom. The molecule has 0 aliphatic heterocycles. The first-order valence-electron chi connectivity index (χ1n) is 6.74. The lowest BCUT2D eigenvalue weighted by Crippen LogP contribution is -2.16. The lowest BCUT2D eigenvalue weighted by Gasteiger charge is -2.13. The maximum Gasteiger partial charge on any atom is 0.238 e. The number of anilines is 2. The molecule has 1 saturated carbocycles. The Hall–Kier alpha value is -1.31. The van der Waals surface area contributed by atoms with Gasteiger partial charge in [-0.1, -0.05) is 12.8 Å². The highest BCUT2D eigenvalue weighted by Crippen LogP contribution is 2.22. The number of hydrogen-bond acceptors (Lipinski definition) is 5. The summed E-state index contributed by atoms with van der Waals surface area (Å²) in [6.07, 6.45) is 5.18. The Morgan fingerprint density at radius 2 is 2.00 bits per heavy atom. The Bertz CT molecular complexity index is 554. The highest BCUT2D eigenvalue weighted by Gasteiger charge is 2.14. The molecule has 0 radical (unpaired) electrons. The van der Waals surface area contributed by atoms with Crippen LogP contribution in [-0.4, -0.2) is 27.7 Å². The molecule has 20 heavy (non-hydrogen) atoms. The van der Waals surface area contributed by atoms with Crippen LogP contribution in [0.1, 0.15) is 25.7 Å². The van der Waals surface area contributed by atoms with Crippen LogP contribution in [0.25, 0.3) is 0 Å². The first kappa shape index (κ1) is 15.1. The molecular formula is C13H21N3O3S. The average Bonchev–Trinajstić information content (AvgIpc) is 2.88. The Kier molecular flexibility index (Phi) is 4.85. The predicted octanol–water partition coefficient (Wildman–Crippen LogP) is 1.29. The van der Waals surface area contributed by atoms with Crippen LogP contribution in [0.4, 0.5) is 11.4 Å². The number of nitrogens with two attached hydrogens (primary N) is 2. The normalized spacial score (nSPS) is 16.4. The minimum Gasteiger partial charge on any atom is -0.397 e. The molecule has 0 heterocycles. The maximum absolute atomic E-state index is 11.2. The van der Waals surface area contributed by atoms with E-state index >= 15 is 0 Å². The maximum atomic E-state index is 11.2. The van der Waals surface area contributed by atoms with Gasteiger partial charge in [-0.2, -0.15) is 0 Å². The van der Waals surface area contributed by atoms with E-state index in [9.17, 15) is 8.42 Å². The van der Waals surface area contributed by atoms with E-state index in [1.54, 1.807) is 6.07 Å². The number of nitrogen functional groups attached to an aromatic ring is 1. The van der Waals surface area contributed by atoms with E-state index in [-0.39, 0.29) is 4.90 Å². The fourth-order valence-corrected chi connectivity index (χ4v) is 2.89. The molecule has 1 aliphatic carbocycles. The van der Waals surface area contributed by atoms with E-state index in [1.807, 2.05) is 0 Å². The Morgan fingerprint density at radius 3 is 2.60 bits per heavy atom. The number of ether oxygens (including phenoxy) is 1. The van der Waals surface area contributed by atoms with E-state index < -0.39 is 10.0 Å². The van der Waals surface area contributed by atoms with E-state index in [0.29, 0.717) is 30.6 Å². The topological polar surface area (TPSA) is 107 Å². The fraction of sp³-hybridized carbons (Fsp3) is 0.538. The summed E-state index contributed by atoms with van der Waals surface area (Å²) in [6.45, 7) is 1.25. The van der Waals surface area contributed by atoms with Crippen LogP contribution in [0.5, 0.6) is 0 Å². The molecule has 0 spiro atoms. The second-order valence-corrected chi connectivity index (χ2v) is 6.56. The van der Waals surface area contributed by atoms with Crippen LogP contribution in [0.3, 0.4) is 0 Å². The van der Waals surface area contributed by atoms with Gasteiger partial charge in [-0.15, -0.1) is 0 Å². The third-order valence-electron chi connectivity index (χ3n) is 3.42. The smallest absolute Gasteiger partial charge is 0.238 e. The molecule has 1 aromatic carbocycles. The van der Waals surface area contributed by atoms with Crippen molar-refractivity contribution < 1.29 is 13.2 Å². The lowest BCUT2D eigenvalue weighted by atomic mass is 10.2. The predicted molar refractivity (Wildman–Crippen MR) is 78.9 cm³/mol. The molecule has 0 amide bonds. The van der Waals surface area contributed by atoms with Crippen molar-refractivity contribution in [1.29, 1.82) is 0 Å². The molecule has 1 aromatic rings. The van der Waals surface area contributed by atoms with Crippen molar-refractivity contribution in [1.82, 2.24) is 0 Å². The van der Waals surface area contributed by atoms with Gasteiger partial charge in [0.2, 0.25) is 10.0 Å². The van der Waals surface area contributed by atoms with Crippen LogP contribution in [0.15, 0.2) is 23.1 Å². The van der Waals surface area contributed by atoms with Gasteiger partial charge in [0.25, 0.3) is 0 Å². The highest BCUT2D eigenvalue weighted by molar-refractivity contribution is 7.89. The summed E-state index contributed by atoms with van der Waals surface area (Å²) >= 11 is 0. The van der Waals surface area contributed by atoms with Crippen molar-refractivity contribution in [2.45, 2.75) is 36.7 Å². The molecule has 1 aliphatic rings. The van der Waals surface area contributed by atoms with Gasteiger partial charge in [-0.3, -0.25) is 0 Å². The third-order valence-corrected chi connectivity index (χ3v) is 4.34. The second-order valence-electron chi connectivity index (χ2n) is 5.00. The molecule has 1 fully saturated rings. The minimum atomic E-state index is -3.71. The Labute approximate surface area is 119 Å². The third kappa shape index (κ3) is 4.09. The molecule has 0 aromatic heterocycles. The summed E-state index contributed by atoms with van der Waals surface area (Å²) in [4.78, 5) is 0.0164. The van der Waals surface area contributed by atoms with Gasteiger partial charge in [0.1, 0.15) is 0 Å². The summed E-state index contributed by atoms with van der Waals surface area (Å²) < 4.78 is 28.1. The number of rotatable bonds is 6. The summed E-state index contributed by atoms with van der Waals surface area (Å²) in [6, 6.07) is 4.41. The molecule has 6 nitrogen and oxygen atoms in total. The number of nitrogens with one attached hydrogen (secondary N) is 1. The monoisotopic (exact) mass is 299 g/mol. The number of sulfonamides is 1. The van der Waals surface area contributed by atoms with Gasteiger partial charge in [0.05, 0.1) is 29.0 Å². The standard InChI is InChI=1S/C13H21N3O3S/c14-12-9-11(20(15,17)18)5-6-13(12)16-7-8-19-10-3-1-2-4-10/h5-6,9-10,16H,1-4,7-8,14H2,(H2,15,17,18). The molecule has 2 rings (SSSR count). The molecule has 0 bridgehead atoms. The minimum absolute atomic E-state index is 0.0164. The van der Waals surface area contributed by atoms with E-state index in [4.69, 9.17) is 15.6 Å². The van der Waals surface area contributed by atoms with Gasteiger partial charge < -0.3 is 15.8 Å². The van der Waals surface area contributed by atoms with Crippen molar-refractivity contribution in [2.24, 2.45) is 5.14 Å². The fourth-order valence-electron chi connectivity index (χ4n) is 2.35. The van der Waals surface area contributed by atoms with Gasteiger partial charge in [-0.25, -0.2) is 13.6 Å². The van der Waals surface area contributed by atoms with Crippen LogP contribution in [0, 0.1) is 0 Å². The first-order valence-corrected chi connectivity index (χ1v) is 8.29. The lowest BCUT2D eigenvalue weighted by molar-refractivity contribution is 0.0659. The second kappa shape index (κ2) is 6.43. The summed E-state index contributed by atoms with van der Waals surface area (Å²) in [5.74, 6) is 0. The van der Waals surface area contributed by atoms with Crippen molar-refractivity contribution in [3.8, 4) is 0 Å². The van der Waals surface area contributed by atoms with Crippen LogP contribution in [-0.2, 0) is 14.8 Å². The Balaban J connectivity index is 1.83. The molecule has 0 saturated heterocycles. The average molecular weight is 299 g/mol. The summed E-state index contributed by atoms with van der Waals surface area (Å²) in [5, 5.41) is 8.17. The zero-order valence-corrected chi connectivity index (χ0v) is 12.2. The van der Waals surface area contributed by atoms with E-state index in [0.717, 1.165) is 12.8 Å². The van der Waals surface area contributed by atoms with Crippen LogP contribution >= 0.6 is 0 Å². The van der Waals surface area contributed by atoms with Gasteiger partial charge in [0.15, 0.2) is 0 Å². The van der Waals surface area contributed by atoms with Crippen LogP contribution in [0.2, 0.25) is 0 Å². The zero-order chi connectivity index (χ0) is 14.6. The number of hydrogen-bond donors (Lipinski definition) is 3. The van der Waals surface area contributed by atoms with Gasteiger partial charge in [-0.05, 0) is 31.0 Å². The highest BCUT2D eigenvalue weighted by atomic mass is 32.2.